The Hall–Kier alpha value is -1.97. The molecule has 1 heterocycles. The Kier molecular flexibility index (Phi) is 2.33. The van der Waals surface area contributed by atoms with Gasteiger partial charge in [-0.1, -0.05) is 0 Å². The predicted octanol–water partition coefficient (Wildman–Crippen LogP) is 2.53. The first-order valence-corrected chi connectivity index (χ1v) is 4.59. The lowest BCUT2D eigenvalue weighted by atomic mass is 10.1. The molecule has 0 fully saturated rings. The molecule has 4 heteroatoms. The first-order valence-electron chi connectivity index (χ1n) is 4.59. The van der Waals surface area contributed by atoms with Crippen molar-refractivity contribution >= 4 is 16.9 Å². The third-order valence-corrected chi connectivity index (χ3v) is 2.08. The number of hydrogen-bond donors (Lipinski definition) is 1. The zero-order valence-electron chi connectivity index (χ0n) is 8.19. The Bertz CT molecular complexity index is 498. The van der Waals surface area contributed by atoms with E-state index in [2.05, 4.69) is 0 Å². The summed E-state index contributed by atoms with van der Waals surface area (Å²) in [5.74, 6) is -0.449. The maximum atomic E-state index is 10.8. The van der Waals surface area contributed by atoms with Crippen LogP contribution in [-0.4, -0.2) is 17.7 Å². The summed E-state index contributed by atoms with van der Waals surface area (Å²) in [7, 11) is 0. The fraction of sp³-hybridized carbons (Fsp3) is 0.182. The highest BCUT2D eigenvalue weighted by Gasteiger charge is 2.11. The Morgan fingerprint density at radius 1 is 1.53 bits per heavy atom. The van der Waals surface area contributed by atoms with Gasteiger partial charge < -0.3 is 14.3 Å². The van der Waals surface area contributed by atoms with Gasteiger partial charge >= 0.3 is 5.97 Å². The van der Waals surface area contributed by atoms with Crippen LogP contribution >= 0.6 is 0 Å². The van der Waals surface area contributed by atoms with Crippen molar-refractivity contribution in [3.05, 3.63) is 30.0 Å². The van der Waals surface area contributed by atoms with E-state index in [0.717, 1.165) is 5.39 Å². The Balaban J connectivity index is 2.63. The van der Waals surface area contributed by atoms with Gasteiger partial charge in [0.05, 0.1) is 23.8 Å². The summed E-state index contributed by atoms with van der Waals surface area (Å²) in [5, 5.41) is 9.67. The van der Waals surface area contributed by atoms with E-state index in [1.54, 1.807) is 6.07 Å². The molecule has 4 nitrogen and oxygen atoms in total. The molecule has 0 radical (unpaired) electrons. The van der Waals surface area contributed by atoms with Crippen LogP contribution in [0.3, 0.4) is 0 Å². The van der Waals surface area contributed by atoms with E-state index < -0.39 is 5.97 Å². The maximum Gasteiger partial charge on any atom is 0.335 e. The number of fused-ring (bicyclic) bond motifs is 1. The van der Waals surface area contributed by atoms with Crippen LogP contribution in [0.5, 0.6) is 5.75 Å². The largest absolute Gasteiger partial charge is 0.493 e. The minimum atomic E-state index is -0.991. The highest BCUT2D eigenvalue weighted by atomic mass is 16.5. The van der Waals surface area contributed by atoms with Crippen LogP contribution in [0.4, 0.5) is 0 Å². The Labute approximate surface area is 86.1 Å². The van der Waals surface area contributed by atoms with Crippen molar-refractivity contribution in [2.45, 2.75) is 6.92 Å². The van der Waals surface area contributed by atoms with Gasteiger partial charge in [-0.25, -0.2) is 4.79 Å². The molecule has 0 aliphatic rings. The summed E-state index contributed by atoms with van der Waals surface area (Å²) in [4.78, 5) is 10.8. The van der Waals surface area contributed by atoms with Crippen molar-refractivity contribution < 1.29 is 19.1 Å². The lowest BCUT2D eigenvalue weighted by Crippen LogP contribution is -1.98. The van der Waals surface area contributed by atoms with Gasteiger partial charge in [0, 0.05) is 0 Å². The lowest BCUT2D eigenvalue weighted by molar-refractivity contribution is 0.0696. The molecule has 0 aliphatic heterocycles. The molecule has 1 aromatic carbocycles. The van der Waals surface area contributed by atoms with Gasteiger partial charge in [-0.15, -0.1) is 0 Å². The second-order valence-electron chi connectivity index (χ2n) is 3.04. The molecule has 0 bridgehead atoms. The van der Waals surface area contributed by atoms with Crippen LogP contribution in [-0.2, 0) is 0 Å². The van der Waals surface area contributed by atoms with E-state index in [0.29, 0.717) is 17.9 Å². The van der Waals surface area contributed by atoms with Gasteiger partial charge in [0.1, 0.15) is 11.3 Å². The summed E-state index contributed by atoms with van der Waals surface area (Å²) in [6, 6.07) is 4.75. The smallest absolute Gasteiger partial charge is 0.335 e. The second-order valence-corrected chi connectivity index (χ2v) is 3.04. The quantitative estimate of drug-likeness (QED) is 0.838. The fourth-order valence-electron chi connectivity index (χ4n) is 1.44. The van der Waals surface area contributed by atoms with E-state index in [9.17, 15) is 4.79 Å². The van der Waals surface area contributed by atoms with E-state index in [1.165, 1.54) is 18.4 Å². The van der Waals surface area contributed by atoms with Crippen LogP contribution in [0.25, 0.3) is 11.0 Å². The highest BCUT2D eigenvalue weighted by Crippen LogP contribution is 2.28. The zero-order valence-corrected chi connectivity index (χ0v) is 8.19. The Morgan fingerprint density at radius 2 is 2.33 bits per heavy atom. The van der Waals surface area contributed by atoms with Gasteiger partial charge in [-0.05, 0) is 25.1 Å². The van der Waals surface area contributed by atoms with E-state index >= 15 is 0 Å². The van der Waals surface area contributed by atoms with Gasteiger partial charge in [-0.3, -0.25) is 0 Å². The summed E-state index contributed by atoms with van der Waals surface area (Å²) in [6.45, 7) is 2.34. The molecule has 0 saturated heterocycles. The normalized spacial score (nSPS) is 10.5. The molecule has 1 N–H and O–H groups in total. The highest BCUT2D eigenvalue weighted by molar-refractivity contribution is 5.95. The van der Waals surface area contributed by atoms with Crippen molar-refractivity contribution in [1.82, 2.24) is 0 Å². The van der Waals surface area contributed by atoms with Gasteiger partial charge in [0.2, 0.25) is 0 Å². The molecule has 1 aromatic heterocycles. The number of carbonyl (C=O) groups is 1. The first kappa shape index (κ1) is 9.58. The number of rotatable bonds is 3. The minimum absolute atomic E-state index is 0.168. The average molecular weight is 206 g/mol. The predicted molar refractivity (Wildman–Crippen MR) is 54.3 cm³/mol. The summed E-state index contributed by atoms with van der Waals surface area (Å²) in [5.41, 5.74) is 0.694. The summed E-state index contributed by atoms with van der Waals surface area (Å²) < 4.78 is 10.5. The van der Waals surface area contributed by atoms with Crippen LogP contribution in [0, 0.1) is 0 Å². The van der Waals surface area contributed by atoms with Crippen molar-refractivity contribution in [1.29, 1.82) is 0 Å². The number of carboxylic acid groups (broad SMARTS) is 1. The fourth-order valence-corrected chi connectivity index (χ4v) is 1.44. The SMILES string of the molecule is CCOc1cc(C(=O)O)cc2occc12. The second kappa shape index (κ2) is 3.65. The third-order valence-electron chi connectivity index (χ3n) is 2.08. The standard InChI is InChI=1S/C11H10O4/c1-2-14-9-5-7(11(12)13)6-10-8(9)3-4-15-10/h3-6H,2H2,1H3,(H,12,13). The molecule has 0 unspecified atom stereocenters. The van der Waals surface area contributed by atoms with E-state index in [-0.39, 0.29) is 5.56 Å². The zero-order chi connectivity index (χ0) is 10.8. The Morgan fingerprint density at radius 3 is 3.00 bits per heavy atom. The molecule has 0 atom stereocenters. The van der Waals surface area contributed by atoms with Gasteiger partial charge in [0.25, 0.3) is 0 Å². The number of furan rings is 1. The van der Waals surface area contributed by atoms with Crippen LogP contribution in [0.2, 0.25) is 0 Å². The molecular weight excluding hydrogens is 196 g/mol. The molecule has 0 spiro atoms. The number of aromatic carboxylic acids is 1. The lowest BCUT2D eigenvalue weighted by Gasteiger charge is -2.05. The monoisotopic (exact) mass is 206 g/mol. The molecular formula is C11H10O4. The van der Waals surface area contributed by atoms with Crippen molar-refractivity contribution in [2.75, 3.05) is 6.61 Å². The van der Waals surface area contributed by atoms with Crippen molar-refractivity contribution in [2.24, 2.45) is 0 Å². The molecule has 15 heavy (non-hydrogen) atoms. The number of benzene rings is 1. The molecule has 0 saturated carbocycles. The van der Waals surface area contributed by atoms with Crippen LogP contribution in [0.15, 0.2) is 28.9 Å². The summed E-state index contributed by atoms with van der Waals surface area (Å²) in [6.07, 6.45) is 1.51. The molecule has 78 valence electrons. The van der Waals surface area contributed by atoms with Crippen molar-refractivity contribution in [3.8, 4) is 5.75 Å². The third kappa shape index (κ3) is 1.66. The van der Waals surface area contributed by atoms with E-state index in [1.807, 2.05) is 6.92 Å². The first-order chi connectivity index (χ1) is 7.22. The average Bonchev–Trinajstić information content (AvgIpc) is 2.65. The molecule has 0 amide bonds. The van der Waals surface area contributed by atoms with Gasteiger partial charge in [0.15, 0.2) is 0 Å². The van der Waals surface area contributed by atoms with Crippen LogP contribution < -0.4 is 4.74 Å². The topological polar surface area (TPSA) is 59.7 Å². The van der Waals surface area contributed by atoms with Gasteiger partial charge in [-0.2, -0.15) is 0 Å². The molecule has 0 aliphatic carbocycles. The molecule has 2 rings (SSSR count). The van der Waals surface area contributed by atoms with Crippen LogP contribution in [0.1, 0.15) is 17.3 Å². The number of hydrogen-bond acceptors (Lipinski definition) is 3. The molecule has 2 aromatic rings. The number of ether oxygens (including phenoxy) is 1. The van der Waals surface area contributed by atoms with E-state index in [4.69, 9.17) is 14.3 Å². The summed E-state index contributed by atoms with van der Waals surface area (Å²) >= 11 is 0. The van der Waals surface area contributed by atoms with Crippen molar-refractivity contribution in [3.63, 3.8) is 0 Å². The maximum absolute atomic E-state index is 10.8. The number of carboxylic acids is 1. The minimum Gasteiger partial charge on any atom is -0.493 e.